The summed E-state index contributed by atoms with van der Waals surface area (Å²) in [4.78, 5) is 18.6. The molecule has 5 aromatic carbocycles. The molecule has 4 nitrogen and oxygen atoms in total. The van der Waals surface area contributed by atoms with Crippen LogP contribution in [0.2, 0.25) is 0 Å². The highest BCUT2D eigenvalue weighted by Crippen LogP contribution is 2.32. The van der Waals surface area contributed by atoms with E-state index in [1.807, 2.05) is 91.0 Å². The van der Waals surface area contributed by atoms with Crippen molar-refractivity contribution < 1.29 is 4.42 Å². The molecule has 0 saturated carbocycles. The SMILES string of the molecule is C=C(/C=C\C(=C/CC)N(C1=CC=C=CC=C1)c1ccccc1)c1cccc2oc3cc(-c4ccc(N(CC)c5ccccc5)cc4)ccc3c(=O)c12. The molecule has 0 aliphatic heterocycles. The minimum atomic E-state index is -0.0759. The van der Waals surface area contributed by atoms with E-state index < -0.39 is 0 Å². The van der Waals surface area contributed by atoms with Crippen molar-refractivity contribution in [3.05, 3.63) is 209 Å². The van der Waals surface area contributed by atoms with Crippen LogP contribution in [0, 0.1) is 0 Å². The van der Waals surface area contributed by atoms with Crippen LogP contribution in [-0.2, 0) is 0 Å². The molecule has 0 saturated heterocycles. The second kappa shape index (κ2) is 15.5. The molecule has 6 aromatic rings. The van der Waals surface area contributed by atoms with E-state index in [4.69, 9.17) is 4.42 Å². The van der Waals surface area contributed by atoms with E-state index in [1.165, 1.54) is 0 Å². The van der Waals surface area contributed by atoms with Gasteiger partial charge in [-0.15, -0.1) is 5.73 Å². The first-order valence-electron chi connectivity index (χ1n) is 17.7. The zero-order chi connectivity index (χ0) is 35.9. The molecule has 1 aliphatic carbocycles. The Morgan fingerprint density at radius 3 is 2.19 bits per heavy atom. The van der Waals surface area contributed by atoms with E-state index in [-0.39, 0.29) is 5.43 Å². The smallest absolute Gasteiger partial charge is 0.201 e. The first-order chi connectivity index (χ1) is 25.6. The summed E-state index contributed by atoms with van der Waals surface area (Å²) < 4.78 is 6.45. The number of allylic oxidation sites excluding steroid dienone is 8. The molecule has 0 N–H and O–H groups in total. The van der Waals surface area contributed by atoms with Gasteiger partial charge in [-0.3, -0.25) is 4.79 Å². The Kier molecular flexibility index (Phi) is 10.1. The molecule has 1 heterocycles. The highest BCUT2D eigenvalue weighted by Gasteiger charge is 2.16. The molecule has 0 radical (unpaired) electrons. The molecular weight excluding hydrogens is 637 g/mol. The standard InChI is InChI=1S/C48H40N2O2/c1-4-17-40(50(42-22-14-9-15-23-42)41-20-10-6-7-11-21-41)30-26-35(3)43-24-16-25-45-47(43)48(51)44-33-29-37(34-46(44)52-45)36-27-31-39(32-28-36)49(5-2)38-18-12-8-13-19-38/h6,8-34H,3-5H2,1-2H3/b30-26-,40-17+. The van der Waals surface area contributed by atoms with Gasteiger partial charge in [0.25, 0.3) is 0 Å². The maximum atomic E-state index is 14.1. The summed E-state index contributed by atoms with van der Waals surface area (Å²) in [5.74, 6) is 0. The number of hydrogen-bond acceptors (Lipinski definition) is 4. The largest absolute Gasteiger partial charge is 0.456 e. The van der Waals surface area contributed by atoms with E-state index in [0.717, 1.165) is 58.1 Å². The normalized spacial score (nSPS) is 12.7. The molecule has 52 heavy (non-hydrogen) atoms. The number of hydrogen-bond donors (Lipinski definition) is 0. The highest BCUT2D eigenvalue weighted by molar-refractivity contribution is 5.99. The predicted octanol–water partition coefficient (Wildman–Crippen LogP) is 12.3. The van der Waals surface area contributed by atoms with Crippen LogP contribution in [0.15, 0.2) is 203 Å². The van der Waals surface area contributed by atoms with Crippen molar-refractivity contribution in [2.75, 3.05) is 16.3 Å². The van der Waals surface area contributed by atoms with E-state index >= 15 is 0 Å². The van der Waals surface area contributed by atoms with Crippen molar-refractivity contribution >= 4 is 44.6 Å². The van der Waals surface area contributed by atoms with Gasteiger partial charge >= 0.3 is 0 Å². The number of para-hydroxylation sites is 2. The van der Waals surface area contributed by atoms with Crippen LogP contribution in [0.1, 0.15) is 25.8 Å². The number of fused-ring (bicyclic) bond motifs is 2. The zero-order valence-electron chi connectivity index (χ0n) is 29.5. The Morgan fingerprint density at radius 1 is 0.750 bits per heavy atom. The number of benzene rings is 5. The summed E-state index contributed by atoms with van der Waals surface area (Å²) in [7, 11) is 0. The van der Waals surface area contributed by atoms with Gasteiger partial charge < -0.3 is 14.2 Å². The lowest BCUT2D eigenvalue weighted by Crippen LogP contribution is -2.20. The fourth-order valence-corrected chi connectivity index (χ4v) is 6.64. The van der Waals surface area contributed by atoms with E-state index in [9.17, 15) is 4.79 Å². The molecule has 4 heteroatoms. The summed E-state index contributed by atoms with van der Waals surface area (Å²) in [6.45, 7) is 9.55. The van der Waals surface area contributed by atoms with Crippen molar-refractivity contribution in [3.8, 4) is 11.1 Å². The molecule has 254 valence electrons. The summed E-state index contributed by atoms with van der Waals surface area (Å²) in [5, 5.41) is 1.06. The summed E-state index contributed by atoms with van der Waals surface area (Å²) in [6.07, 6.45) is 17.0. The quantitative estimate of drug-likeness (QED) is 0.0777. The van der Waals surface area contributed by atoms with E-state index in [1.54, 1.807) is 0 Å². The molecule has 0 atom stereocenters. The average molecular weight is 677 g/mol. The maximum absolute atomic E-state index is 14.1. The van der Waals surface area contributed by atoms with Crippen molar-refractivity contribution in [1.29, 1.82) is 0 Å². The summed E-state index contributed by atoms with van der Waals surface area (Å²) in [6, 6.07) is 40.7. The van der Waals surface area contributed by atoms with Crippen LogP contribution in [-0.4, -0.2) is 6.54 Å². The van der Waals surface area contributed by atoms with Crippen molar-refractivity contribution in [2.24, 2.45) is 0 Å². The molecule has 0 fully saturated rings. The number of anilines is 3. The van der Waals surface area contributed by atoms with Gasteiger partial charge in [-0.25, -0.2) is 0 Å². The van der Waals surface area contributed by atoms with Crippen LogP contribution >= 0.6 is 0 Å². The topological polar surface area (TPSA) is 36.7 Å². The fourth-order valence-electron chi connectivity index (χ4n) is 6.64. The van der Waals surface area contributed by atoms with Gasteiger partial charge in [0.2, 0.25) is 5.43 Å². The molecular formula is C48H40N2O2. The maximum Gasteiger partial charge on any atom is 0.201 e. The van der Waals surface area contributed by atoms with Crippen molar-refractivity contribution in [3.63, 3.8) is 0 Å². The minimum Gasteiger partial charge on any atom is -0.456 e. The Morgan fingerprint density at radius 2 is 1.46 bits per heavy atom. The average Bonchev–Trinajstić information content (AvgIpc) is 3.47. The van der Waals surface area contributed by atoms with E-state index in [0.29, 0.717) is 27.5 Å². The Hall–Kier alpha value is -6.61. The third-order valence-electron chi connectivity index (χ3n) is 9.15. The third kappa shape index (κ3) is 7.02. The zero-order valence-corrected chi connectivity index (χ0v) is 29.5. The molecule has 0 unspecified atom stereocenters. The van der Waals surface area contributed by atoms with Gasteiger partial charge in [-0.05, 0) is 121 Å². The molecule has 0 amide bonds. The van der Waals surface area contributed by atoms with Gasteiger partial charge in [-0.1, -0.05) is 98.5 Å². The summed E-state index contributed by atoms with van der Waals surface area (Å²) in [5.41, 5.74) is 12.9. The Bertz CT molecular complexity index is 2490. The van der Waals surface area contributed by atoms with E-state index in [2.05, 4.69) is 115 Å². The number of rotatable bonds is 11. The second-order valence-electron chi connectivity index (χ2n) is 12.5. The Labute approximate surface area is 305 Å². The fraction of sp³-hybridized carbons (Fsp3) is 0.0833. The van der Waals surface area contributed by atoms with Gasteiger partial charge in [0.1, 0.15) is 11.2 Å². The van der Waals surface area contributed by atoms with Gasteiger partial charge in [0, 0.05) is 35.0 Å². The molecule has 1 aliphatic rings. The third-order valence-corrected chi connectivity index (χ3v) is 9.15. The molecule has 7 rings (SSSR count). The van der Waals surface area contributed by atoms with Crippen LogP contribution in [0.4, 0.5) is 17.1 Å². The molecule has 1 aromatic heterocycles. The van der Waals surface area contributed by atoms with Gasteiger partial charge in [0.05, 0.1) is 10.8 Å². The van der Waals surface area contributed by atoms with Gasteiger partial charge in [0.15, 0.2) is 0 Å². The molecule has 0 bridgehead atoms. The van der Waals surface area contributed by atoms with Crippen LogP contribution in [0.3, 0.4) is 0 Å². The minimum absolute atomic E-state index is 0.0759. The van der Waals surface area contributed by atoms with Crippen LogP contribution in [0.25, 0.3) is 38.6 Å². The summed E-state index contributed by atoms with van der Waals surface area (Å²) >= 11 is 0. The number of nitrogens with zero attached hydrogens (tertiary/aromatic N) is 2. The van der Waals surface area contributed by atoms with Gasteiger partial charge in [-0.2, -0.15) is 0 Å². The van der Waals surface area contributed by atoms with Crippen molar-refractivity contribution in [2.45, 2.75) is 20.3 Å². The lowest BCUT2D eigenvalue weighted by atomic mass is 9.98. The lowest BCUT2D eigenvalue weighted by molar-refractivity contribution is 0.660. The Balaban J connectivity index is 1.21. The van der Waals surface area contributed by atoms with Crippen LogP contribution < -0.4 is 15.2 Å². The first-order valence-corrected chi connectivity index (χ1v) is 17.7. The molecule has 0 spiro atoms. The highest BCUT2D eigenvalue weighted by atomic mass is 16.3. The lowest BCUT2D eigenvalue weighted by Gasteiger charge is -2.27. The van der Waals surface area contributed by atoms with Crippen molar-refractivity contribution in [1.82, 2.24) is 0 Å². The predicted molar refractivity (Wildman–Crippen MR) is 220 cm³/mol. The monoisotopic (exact) mass is 676 g/mol. The van der Waals surface area contributed by atoms with Crippen LogP contribution in [0.5, 0.6) is 0 Å². The second-order valence-corrected chi connectivity index (χ2v) is 12.5. The first kappa shape index (κ1) is 33.9.